The summed E-state index contributed by atoms with van der Waals surface area (Å²) in [7, 11) is 0. The highest BCUT2D eigenvalue weighted by atomic mass is 16.6. The van der Waals surface area contributed by atoms with Gasteiger partial charge in [-0.25, -0.2) is 5.43 Å². The highest BCUT2D eigenvalue weighted by Gasteiger charge is 2.13. The van der Waals surface area contributed by atoms with Crippen LogP contribution < -0.4 is 5.43 Å². The summed E-state index contributed by atoms with van der Waals surface area (Å²) in [5, 5.41) is 26.2. The molecule has 2 aromatic carbocycles. The fraction of sp³-hybridized carbons (Fsp3) is 0.0588. The summed E-state index contributed by atoms with van der Waals surface area (Å²) >= 11 is 0. The van der Waals surface area contributed by atoms with Gasteiger partial charge in [-0.3, -0.25) is 25.0 Å². The molecule has 0 saturated heterocycles. The molecule has 3 aromatic rings. The van der Waals surface area contributed by atoms with E-state index >= 15 is 0 Å². The number of rotatable bonds is 5. The molecule has 0 saturated carbocycles. The van der Waals surface area contributed by atoms with E-state index in [0.29, 0.717) is 16.5 Å². The summed E-state index contributed by atoms with van der Waals surface area (Å²) in [6, 6.07) is 9.66. The van der Waals surface area contributed by atoms with E-state index in [1.807, 2.05) is 0 Å². The second kappa shape index (κ2) is 7.04. The molecule has 1 aromatic heterocycles. The maximum absolute atomic E-state index is 12.1. The summed E-state index contributed by atoms with van der Waals surface area (Å²) in [6.07, 6.45) is 1.37. The Bertz CT molecular complexity index is 1100. The van der Waals surface area contributed by atoms with Crippen LogP contribution in [0.5, 0.6) is 0 Å². The van der Waals surface area contributed by atoms with Crippen molar-refractivity contribution in [2.75, 3.05) is 0 Å². The van der Waals surface area contributed by atoms with E-state index in [-0.39, 0.29) is 16.9 Å². The van der Waals surface area contributed by atoms with Gasteiger partial charge in [-0.15, -0.1) is 0 Å². The maximum atomic E-state index is 12.1. The van der Waals surface area contributed by atoms with Gasteiger partial charge in [-0.1, -0.05) is 6.07 Å². The number of benzene rings is 2. The molecule has 136 valence electrons. The molecule has 3 rings (SSSR count). The van der Waals surface area contributed by atoms with E-state index in [2.05, 4.69) is 15.5 Å². The lowest BCUT2D eigenvalue weighted by molar-refractivity contribution is -0.385. The number of nitro benzene ring substituents is 2. The Morgan fingerprint density at radius 1 is 1.11 bits per heavy atom. The van der Waals surface area contributed by atoms with E-state index in [1.54, 1.807) is 13.0 Å². The number of hydrogen-bond acceptors (Lipinski definition) is 6. The second-order valence-electron chi connectivity index (χ2n) is 5.66. The number of nitro groups is 2. The Kier molecular flexibility index (Phi) is 4.62. The first-order valence-corrected chi connectivity index (χ1v) is 7.71. The molecule has 10 heteroatoms. The number of fused-ring (bicyclic) bond motifs is 1. The summed E-state index contributed by atoms with van der Waals surface area (Å²) in [5.74, 6) is -0.613. The van der Waals surface area contributed by atoms with Crippen LogP contribution in [0.1, 0.15) is 21.6 Å². The van der Waals surface area contributed by atoms with Gasteiger partial charge >= 0.3 is 0 Å². The molecule has 0 bridgehead atoms. The van der Waals surface area contributed by atoms with Gasteiger partial charge in [0, 0.05) is 52.0 Å². The van der Waals surface area contributed by atoms with Crippen LogP contribution in [0.25, 0.3) is 10.9 Å². The molecule has 0 spiro atoms. The fourth-order valence-corrected chi connectivity index (χ4v) is 2.60. The maximum Gasteiger partial charge on any atom is 0.271 e. The standard InChI is InChI=1S/C17H13N5O5/c1-10-15(14-8-13(22(26)27)5-6-16(14)19-10)9-18-20-17(23)11-3-2-4-12(7-11)21(24)25/h2-9,19H,1H3,(H,20,23). The van der Waals surface area contributed by atoms with Crippen molar-refractivity contribution in [1.82, 2.24) is 10.4 Å². The van der Waals surface area contributed by atoms with Gasteiger partial charge in [0.25, 0.3) is 17.3 Å². The van der Waals surface area contributed by atoms with Crippen LogP contribution in [0.4, 0.5) is 11.4 Å². The lowest BCUT2D eigenvalue weighted by Crippen LogP contribution is -2.17. The zero-order chi connectivity index (χ0) is 19.6. The Morgan fingerprint density at radius 2 is 1.81 bits per heavy atom. The third-order valence-corrected chi connectivity index (χ3v) is 3.91. The molecule has 10 nitrogen and oxygen atoms in total. The number of aryl methyl sites for hydroxylation is 1. The normalized spacial score (nSPS) is 11.0. The van der Waals surface area contributed by atoms with Crippen LogP contribution in [0.3, 0.4) is 0 Å². The van der Waals surface area contributed by atoms with E-state index in [9.17, 15) is 25.0 Å². The largest absolute Gasteiger partial charge is 0.358 e. The van der Waals surface area contributed by atoms with Crippen molar-refractivity contribution < 1.29 is 14.6 Å². The van der Waals surface area contributed by atoms with Crippen molar-refractivity contribution in [2.45, 2.75) is 6.92 Å². The van der Waals surface area contributed by atoms with Crippen LogP contribution >= 0.6 is 0 Å². The first kappa shape index (κ1) is 17.7. The van der Waals surface area contributed by atoms with Crippen molar-refractivity contribution in [1.29, 1.82) is 0 Å². The molecule has 0 aliphatic carbocycles. The van der Waals surface area contributed by atoms with Crippen molar-refractivity contribution in [3.8, 4) is 0 Å². The van der Waals surface area contributed by atoms with Gasteiger partial charge < -0.3 is 4.98 Å². The number of hydrazone groups is 1. The molecule has 1 amide bonds. The predicted octanol–water partition coefficient (Wildman–Crippen LogP) is 3.06. The third kappa shape index (κ3) is 3.63. The van der Waals surface area contributed by atoms with E-state index in [1.165, 1.54) is 36.5 Å². The summed E-state index contributed by atoms with van der Waals surface area (Å²) in [5.41, 5.74) is 4.13. The lowest BCUT2D eigenvalue weighted by atomic mass is 10.1. The number of carbonyl (C=O) groups excluding carboxylic acids is 1. The van der Waals surface area contributed by atoms with Gasteiger partial charge in [-0.05, 0) is 19.1 Å². The van der Waals surface area contributed by atoms with Crippen LogP contribution in [0.15, 0.2) is 47.6 Å². The molecule has 0 aliphatic heterocycles. The van der Waals surface area contributed by atoms with Crippen LogP contribution in [-0.4, -0.2) is 27.0 Å². The SMILES string of the molecule is Cc1[nH]c2ccc([N+](=O)[O-])cc2c1C=NNC(=O)c1cccc([N+](=O)[O-])c1. The Labute approximate surface area is 151 Å². The average molecular weight is 367 g/mol. The molecular weight excluding hydrogens is 354 g/mol. The first-order valence-electron chi connectivity index (χ1n) is 7.71. The minimum Gasteiger partial charge on any atom is -0.358 e. The van der Waals surface area contributed by atoms with Crippen LogP contribution in [0.2, 0.25) is 0 Å². The minimum absolute atomic E-state index is 0.0585. The molecule has 27 heavy (non-hydrogen) atoms. The number of nitrogens with one attached hydrogen (secondary N) is 2. The molecule has 1 heterocycles. The van der Waals surface area contributed by atoms with Gasteiger partial charge in [0.1, 0.15) is 0 Å². The Balaban J connectivity index is 1.84. The number of nitrogens with zero attached hydrogens (tertiary/aromatic N) is 3. The number of amides is 1. The monoisotopic (exact) mass is 367 g/mol. The number of non-ortho nitro benzene ring substituents is 2. The Hall–Kier alpha value is -4.08. The second-order valence-corrected chi connectivity index (χ2v) is 5.66. The van der Waals surface area contributed by atoms with Crippen molar-refractivity contribution in [2.24, 2.45) is 5.10 Å². The summed E-state index contributed by atoms with van der Waals surface area (Å²) in [6.45, 7) is 1.77. The van der Waals surface area contributed by atoms with Crippen molar-refractivity contribution in [3.05, 3.63) is 79.5 Å². The molecule has 0 fully saturated rings. The Morgan fingerprint density at radius 3 is 2.52 bits per heavy atom. The molecule has 0 atom stereocenters. The minimum atomic E-state index is -0.613. The third-order valence-electron chi connectivity index (χ3n) is 3.91. The van der Waals surface area contributed by atoms with Gasteiger partial charge in [0.05, 0.1) is 16.1 Å². The fourth-order valence-electron chi connectivity index (χ4n) is 2.60. The number of H-pyrrole nitrogens is 1. The van der Waals surface area contributed by atoms with Gasteiger partial charge in [0.15, 0.2) is 0 Å². The van der Waals surface area contributed by atoms with Crippen LogP contribution in [0, 0.1) is 27.2 Å². The van der Waals surface area contributed by atoms with E-state index in [4.69, 9.17) is 0 Å². The van der Waals surface area contributed by atoms with E-state index < -0.39 is 15.8 Å². The summed E-state index contributed by atoms with van der Waals surface area (Å²) < 4.78 is 0. The predicted molar refractivity (Wildman–Crippen MR) is 97.8 cm³/mol. The molecule has 0 radical (unpaired) electrons. The van der Waals surface area contributed by atoms with Gasteiger partial charge in [0.2, 0.25) is 0 Å². The smallest absolute Gasteiger partial charge is 0.271 e. The lowest BCUT2D eigenvalue weighted by Gasteiger charge is -2.00. The van der Waals surface area contributed by atoms with Crippen LogP contribution in [-0.2, 0) is 0 Å². The highest BCUT2D eigenvalue weighted by molar-refractivity contribution is 6.02. The highest BCUT2D eigenvalue weighted by Crippen LogP contribution is 2.25. The average Bonchev–Trinajstić information content (AvgIpc) is 2.96. The quantitative estimate of drug-likeness (QED) is 0.404. The number of carbonyl (C=O) groups is 1. The zero-order valence-corrected chi connectivity index (χ0v) is 14.0. The molecule has 2 N–H and O–H groups in total. The first-order chi connectivity index (χ1) is 12.9. The summed E-state index contributed by atoms with van der Waals surface area (Å²) in [4.78, 5) is 35.8. The number of aromatic amines is 1. The zero-order valence-electron chi connectivity index (χ0n) is 14.0. The number of hydrogen-bond donors (Lipinski definition) is 2. The topological polar surface area (TPSA) is 144 Å². The molecule has 0 aliphatic rings. The molecular formula is C17H13N5O5. The van der Waals surface area contributed by atoms with Gasteiger partial charge in [-0.2, -0.15) is 5.10 Å². The molecule has 0 unspecified atom stereocenters. The number of aromatic nitrogens is 1. The van der Waals surface area contributed by atoms with E-state index in [0.717, 1.165) is 11.8 Å². The van der Waals surface area contributed by atoms with Crippen molar-refractivity contribution >= 4 is 34.4 Å². The van der Waals surface area contributed by atoms with Crippen molar-refractivity contribution in [3.63, 3.8) is 0 Å².